The van der Waals surface area contributed by atoms with Crippen LogP contribution in [-0.2, 0) is 0 Å². The highest BCUT2D eigenvalue weighted by Gasteiger charge is 2.17. The fourth-order valence-electron chi connectivity index (χ4n) is 1.89. The molecule has 1 saturated heterocycles. The van der Waals surface area contributed by atoms with Gasteiger partial charge in [-0.3, -0.25) is 4.40 Å². The van der Waals surface area contributed by atoms with Gasteiger partial charge in [-0.1, -0.05) is 0 Å². The van der Waals surface area contributed by atoms with Gasteiger partial charge in [0.15, 0.2) is 0 Å². The van der Waals surface area contributed by atoms with Crippen molar-refractivity contribution in [1.82, 2.24) is 24.9 Å². The van der Waals surface area contributed by atoms with E-state index in [0.29, 0.717) is 11.5 Å². The maximum absolute atomic E-state index is 5.85. The summed E-state index contributed by atoms with van der Waals surface area (Å²) in [4.78, 5) is 4.21. The first-order valence-electron chi connectivity index (χ1n) is 5.45. The van der Waals surface area contributed by atoms with Crippen molar-refractivity contribution in [3.8, 4) is 5.88 Å². The van der Waals surface area contributed by atoms with E-state index in [1.165, 1.54) is 0 Å². The van der Waals surface area contributed by atoms with Crippen molar-refractivity contribution in [2.75, 3.05) is 13.1 Å². The lowest BCUT2D eigenvalue weighted by Gasteiger charge is -2.23. The highest BCUT2D eigenvalue weighted by atomic mass is 16.5. The molecule has 1 N–H and O–H groups in total. The Morgan fingerprint density at radius 1 is 1.38 bits per heavy atom. The van der Waals surface area contributed by atoms with Gasteiger partial charge < -0.3 is 10.1 Å². The molecule has 84 valence electrons. The summed E-state index contributed by atoms with van der Waals surface area (Å²) in [5.74, 6) is 0.576. The molecular formula is C10H13N5O. The zero-order chi connectivity index (χ0) is 10.8. The molecule has 2 aromatic heterocycles. The minimum atomic E-state index is 0.233. The second-order valence-corrected chi connectivity index (χ2v) is 3.86. The standard InChI is InChI=1S/C10H13N5O/c1-3-11-4-2-8(1)16-10-9-14-13-7-15(9)6-5-12-10/h5-8,11H,1-4H2. The van der Waals surface area contributed by atoms with Gasteiger partial charge in [-0.15, -0.1) is 10.2 Å². The first kappa shape index (κ1) is 9.53. The molecule has 3 rings (SSSR count). The normalized spacial score (nSPS) is 17.8. The SMILES string of the molecule is c1cn2cnnc2c(OC2CCNCC2)n1. The Balaban J connectivity index is 1.85. The molecule has 3 heterocycles. The van der Waals surface area contributed by atoms with E-state index in [4.69, 9.17) is 4.74 Å². The molecule has 6 heteroatoms. The van der Waals surface area contributed by atoms with Crippen molar-refractivity contribution >= 4 is 5.65 Å². The van der Waals surface area contributed by atoms with Crippen LogP contribution in [0, 0.1) is 0 Å². The van der Waals surface area contributed by atoms with E-state index in [-0.39, 0.29) is 6.10 Å². The lowest BCUT2D eigenvalue weighted by atomic mass is 10.1. The monoisotopic (exact) mass is 219 g/mol. The van der Waals surface area contributed by atoms with E-state index in [1.54, 1.807) is 12.5 Å². The molecule has 0 amide bonds. The summed E-state index contributed by atoms with van der Waals surface area (Å²) in [5.41, 5.74) is 0.682. The zero-order valence-corrected chi connectivity index (χ0v) is 8.83. The van der Waals surface area contributed by atoms with Gasteiger partial charge in [0, 0.05) is 12.4 Å². The summed E-state index contributed by atoms with van der Waals surface area (Å²) in [5, 5.41) is 11.1. The predicted molar refractivity (Wildman–Crippen MR) is 57.3 cm³/mol. The van der Waals surface area contributed by atoms with E-state index in [2.05, 4.69) is 20.5 Å². The Kier molecular flexibility index (Phi) is 2.41. The molecule has 0 aliphatic carbocycles. The smallest absolute Gasteiger partial charge is 0.260 e. The second kappa shape index (κ2) is 4.05. The molecule has 0 radical (unpaired) electrons. The predicted octanol–water partition coefficient (Wildman–Crippen LogP) is 0.255. The average molecular weight is 219 g/mol. The summed E-state index contributed by atoms with van der Waals surface area (Å²) in [7, 11) is 0. The van der Waals surface area contributed by atoms with E-state index >= 15 is 0 Å². The van der Waals surface area contributed by atoms with Gasteiger partial charge in [-0.2, -0.15) is 0 Å². The number of rotatable bonds is 2. The van der Waals surface area contributed by atoms with Crippen LogP contribution < -0.4 is 10.1 Å². The fourth-order valence-corrected chi connectivity index (χ4v) is 1.89. The molecule has 16 heavy (non-hydrogen) atoms. The number of hydrogen-bond acceptors (Lipinski definition) is 5. The van der Waals surface area contributed by atoms with Crippen LogP contribution in [0.15, 0.2) is 18.7 Å². The van der Waals surface area contributed by atoms with Crippen molar-refractivity contribution in [2.24, 2.45) is 0 Å². The van der Waals surface area contributed by atoms with Crippen LogP contribution in [0.25, 0.3) is 5.65 Å². The number of piperidine rings is 1. The molecule has 0 unspecified atom stereocenters. The third-order valence-electron chi connectivity index (χ3n) is 2.75. The Morgan fingerprint density at radius 2 is 2.25 bits per heavy atom. The van der Waals surface area contributed by atoms with E-state index in [1.807, 2.05) is 10.6 Å². The molecule has 1 aliphatic rings. The third kappa shape index (κ3) is 1.71. The zero-order valence-electron chi connectivity index (χ0n) is 8.83. The van der Waals surface area contributed by atoms with Crippen molar-refractivity contribution in [1.29, 1.82) is 0 Å². The molecule has 0 saturated carbocycles. The largest absolute Gasteiger partial charge is 0.472 e. The summed E-state index contributed by atoms with van der Waals surface area (Å²) in [6, 6.07) is 0. The van der Waals surface area contributed by atoms with Crippen molar-refractivity contribution in [3.63, 3.8) is 0 Å². The molecule has 0 atom stereocenters. The maximum atomic E-state index is 5.85. The fraction of sp³-hybridized carbons (Fsp3) is 0.500. The number of aromatic nitrogens is 4. The molecule has 1 aliphatic heterocycles. The number of hydrogen-bond donors (Lipinski definition) is 1. The number of nitrogens with zero attached hydrogens (tertiary/aromatic N) is 4. The number of ether oxygens (including phenoxy) is 1. The molecule has 0 aromatic carbocycles. The minimum Gasteiger partial charge on any atom is -0.472 e. The summed E-state index contributed by atoms with van der Waals surface area (Å²) < 4.78 is 7.66. The van der Waals surface area contributed by atoms with Gasteiger partial charge in [0.05, 0.1) is 0 Å². The average Bonchev–Trinajstić information content (AvgIpc) is 2.80. The van der Waals surface area contributed by atoms with E-state index < -0.39 is 0 Å². The molecule has 1 fully saturated rings. The van der Waals surface area contributed by atoms with Crippen LogP contribution in [-0.4, -0.2) is 38.8 Å². The van der Waals surface area contributed by atoms with E-state index in [0.717, 1.165) is 25.9 Å². The van der Waals surface area contributed by atoms with Gasteiger partial charge in [-0.05, 0) is 25.9 Å². The highest BCUT2D eigenvalue weighted by Crippen LogP contribution is 2.17. The van der Waals surface area contributed by atoms with Gasteiger partial charge in [0.1, 0.15) is 12.4 Å². The van der Waals surface area contributed by atoms with E-state index in [9.17, 15) is 0 Å². The van der Waals surface area contributed by atoms with Crippen molar-refractivity contribution in [2.45, 2.75) is 18.9 Å². The second-order valence-electron chi connectivity index (χ2n) is 3.86. The van der Waals surface area contributed by atoms with Crippen molar-refractivity contribution < 1.29 is 4.74 Å². The van der Waals surface area contributed by atoms with Crippen molar-refractivity contribution in [3.05, 3.63) is 18.7 Å². The topological polar surface area (TPSA) is 64.3 Å². The van der Waals surface area contributed by atoms with Crippen LogP contribution >= 0.6 is 0 Å². The molecule has 2 aromatic rings. The number of nitrogens with one attached hydrogen (secondary N) is 1. The first-order chi connectivity index (χ1) is 7.93. The Hall–Kier alpha value is -1.69. The Morgan fingerprint density at radius 3 is 3.12 bits per heavy atom. The van der Waals surface area contributed by atoms with Gasteiger partial charge in [0.25, 0.3) is 5.88 Å². The van der Waals surface area contributed by atoms with Crippen LogP contribution in [0.4, 0.5) is 0 Å². The Bertz CT molecular complexity index is 477. The lowest BCUT2D eigenvalue weighted by Crippen LogP contribution is -2.34. The lowest BCUT2D eigenvalue weighted by molar-refractivity contribution is 0.157. The van der Waals surface area contributed by atoms with Crippen LogP contribution in [0.5, 0.6) is 5.88 Å². The maximum Gasteiger partial charge on any atom is 0.260 e. The molecule has 0 spiro atoms. The quantitative estimate of drug-likeness (QED) is 0.784. The summed E-state index contributed by atoms with van der Waals surface area (Å²) in [6.45, 7) is 2.00. The first-order valence-corrected chi connectivity index (χ1v) is 5.45. The van der Waals surface area contributed by atoms with Gasteiger partial charge >= 0.3 is 0 Å². The summed E-state index contributed by atoms with van der Waals surface area (Å²) >= 11 is 0. The van der Waals surface area contributed by atoms with Crippen LogP contribution in [0.3, 0.4) is 0 Å². The number of fused-ring (bicyclic) bond motifs is 1. The van der Waals surface area contributed by atoms with Crippen LogP contribution in [0.2, 0.25) is 0 Å². The third-order valence-corrected chi connectivity index (χ3v) is 2.75. The minimum absolute atomic E-state index is 0.233. The van der Waals surface area contributed by atoms with Gasteiger partial charge in [-0.25, -0.2) is 4.98 Å². The van der Waals surface area contributed by atoms with Gasteiger partial charge in [0.2, 0.25) is 5.65 Å². The van der Waals surface area contributed by atoms with Crippen LogP contribution in [0.1, 0.15) is 12.8 Å². The highest BCUT2D eigenvalue weighted by molar-refractivity contribution is 5.47. The summed E-state index contributed by atoms with van der Waals surface area (Å²) in [6.07, 6.45) is 7.41. The molecular weight excluding hydrogens is 206 g/mol. The Labute approximate surface area is 92.7 Å². The molecule has 0 bridgehead atoms. The molecule has 6 nitrogen and oxygen atoms in total.